The van der Waals surface area contributed by atoms with Crippen molar-refractivity contribution in [3.8, 4) is 5.75 Å². The highest BCUT2D eigenvalue weighted by atomic mass is 16.5. The predicted octanol–water partition coefficient (Wildman–Crippen LogP) is 1.69. The normalized spacial score (nSPS) is 13.3. The highest BCUT2D eigenvalue weighted by Crippen LogP contribution is 2.25. The first-order valence-electron chi connectivity index (χ1n) is 6.75. The number of hydrogen-bond donors (Lipinski definition) is 1. The quantitative estimate of drug-likeness (QED) is 0.828. The van der Waals surface area contributed by atoms with E-state index >= 15 is 0 Å². The summed E-state index contributed by atoms with van der Waals surface area (Å²) < 4.78 is 7.42. The Morgan fingerprint density at radius 1 is 1.37 bits per heavy atom. The van der Waals surface area contributed by atoms with Gasteiger partial charge in [0.1, 0.15) is 5.75 Å². The minimum absolute atomic E-state index is 0.831. The maximum absolute atomic E-state index is 5.52. The molecule has 1 aromatic heterocycles. The zero-order valence-electron chi connectivity index (χ0n) is 11.2. The molecule has 0 radical (unpaired) electrons. The molecule has 0 bridgehead atoms. The molecule has 0 fully saturated rings. The van der Waals surface area contributed by atoms with E-state index in [-0.39, 0.29) is 0 Å². The zero-order chi connectivity index (χ0) is 13.1. The molecule has 0 aliphatic carbocycles. The Balaban J connectivity index is 1.49. The number of nitrogens with zero attached hydrogens (tertiary/aromatic N) is 2. The Morgan fingerprint density at radius 3 is 3.16 bits per heavy atom. The maximum atomic E-state index is 5.52. The molecule has 3 rings (SSSR count). The van der Waals surface area contributed by atoms with Crippen molar-refractivity contribution in [1.82, 2.24) is 15.1 Å². The maximum Gasteiger partial charge on any atom is 0.122 e. The summed E-state index contributed by atoms with van der Waals surface area (Å²) in [6.45, 7) is 2.67. The summed E-state index contributed by atoms with van der Waals surface area (Å²) in [7, 11) is 1.97. The number of benzene rings is 1. The highest BCUT2D eigenvalue weighted by Gasteiger charge is 2.11. The van der Waals surface area contributed by atoms with Crippen LogP contribution in [0.2, 0.25) is 0 Å². The first kappa shape index (κ1) is 12.2. The van der Waals surface area contributed by atoms with E-state index in [0.29, 0.717) is 0 Å². The van der Waals surface area contributed by atoms with Crippen LogP contribution < -0.4 is 10.1 Å². The molecule has 0 unspecified atom stereocenters. The third kappa shape index (κ3) is 2.79. The monoisotopic (exact) mass is 257 g/mol. The fraction of sp³-hybridized carbons (Fsp3) is 0.400. The molecule has 4 heteroatoms. The van der Waals surface area contributed by atoms with Crippen molar-refractivity contribution in [3.05, 3.63) is 47.3 Å². The molecule has 0 spiro atoms. The summed E-state index contributed by atoms with van der Waals surface area (Å²) in [4.78, 5) is 0. The van der Waals surface area contributed by atoms with Gasteiger partial charge in [-0.25, -0.2) is 0 Å². The SMILES string of the molecule is Cn1nccc1CNCCc1ccc2c(c1)CCO2. The first-order chi connectivity index (χ1) is 9.33. The summed E-state index contributed by atoms with van der Waals surface area (Å²) in [6.07, 6.45) is 3.92. The van der Waals surface area contributed by atoms with Gasteiger partial charge in [0.05, 0.1) is 12.3 Å². The van der Waals surface area contributed by atoms with Crippen molar-refractivity contribution >= 4 is 0 Å². The Morgan fingerprint density at radius 2 is 2.32 bits per heavy atom. The van der Waals surface area contributed by atoms with Gasteiger partial charge < -0.3 is 10.1 Å². The van der Waals surface area contributed by atoms with Crippen LogP contribution in [0.1, 0.15) is 16.8 Å². The van der Waals surface area contributed by atoms with E-state index in [9.17, 15) is 0 Å². The number of rotatable bonds is 5. The molecule has 1 aliphatic rings. The van der Waals surface area contributed by atoms with Crippen molar-refractivity contribution in [2.45, 2.75) is 19.4 Å². The van der Waals surface area contributed by atoms with Crippen molar-refractivity contribution in [3.63, 3.8) is 0 Å². The molecular formula is C15H19N3O. The van der Waals surface area contributed by atoms with E-state index in [0.717, 1.165) is 38.3 Å². The van der Waals surface area contributed by atoms with Crippen molar-refractivity contribution in [1.29, 1.82) is 0 Å². The van der Waals surface area contributed by atoms with E-state index in [1.807, 2.05) is 24.0 Å². The molecule has 0 saturated carbocycles. The van der Waals surface area contributed by atoms with E-state index in [1.165, 1.54) is 16.8 Å². The lowest BCUT2D eigenvalue weighted by molar-refractivity contribution is 0.357. The van der Waals surface area contributed by atoms with E-state index < -0.39 is 0 Å². The predicted molar refractivity (Wildman–Crippen MR) is 74.3 cm³/mol. The van der Waals surface area contributed by atoms with Gasteiger partial charge in [-0.15, -0.1) is 0 Å². The zero-order valence-corrected chi connectivity index (χ0v) is 11.2. The average molecular weight is 257 g/mol. The summed E-state index contributed by atoms with van der Waals surface area (Å²) in [5.74, 6) is 1.06. The average Bonchev–Trinajstić information content (AvgIpc) is 3.03. The molecule has 0 amide bonds. The van der Waals surface area contributed by atoms with Crippen LogP contribution >= 0.6 is 0 Å². The molecule has 2 aromatic rings. The van der Waals surface area contributed by atoms with Crippen molar-refractivity contribution in [2.75, 3.05) is 13.2 Å². The number of nitrogens with one attached hydrogen (secondary N) is 1. The number of hydrogen-bond acceptors (Lipinski definition) is 3. The van der Waals surface area contributed by atoms with Crippen LogP contribution in [0, 0.1) is 0 Å². The second-order valence-electron chi connectivity index (χ2n) is 4.91. The largest absolute Gasteiger partial charge is 0.493 e. The highest BCUT2D eigenvalue weighted by molar-refractivity contribution is 5.39. The number of aryl methyl sites for hydroxylation is 1. The molecule has 100 valence electrons. The van der Waals surface area contributed by atoms with Gasteiger partial charge in [-0.1, -0.05) is 12.1 Å². The van der Waals surface area contributed by atoms with Gasteiger partial charge in [-0.3, -0.25) is 4.68 Å². The number of ether oxygens (including phenoxy) is 1. The molecule has 19 heavy (non-hydrogen) atoms. The fourth-order valence-corrected chi connectivity index (χ4v) is 2.42. The van der Waals surface area contributed by atoms with Crippen molar-refractivity contribution in [2.24, 2.45) is 7.05 Å². The van der Waals surface area contributed by atoms with Gasteiger partial charge in [0.2, 0.25) is 0 Å². The third-order valence-electron chi connectivity index (χ3n) is 3.57. The number of aromatic nitrogens is 2. The third-order valence-corrected chi connectivity index (χ3v) is 3.57. The minimum Gasteiger partial charge on any atom is -0.493 e. The fourth-order valence-electron chi connectivity index (χ4n) is 2.42. The van der Waals surface area contributed by atoms with Crippen LogP contribution in [-0.2, 0) is 26.4 Å². The van der Waals surface area contributed by atoms with E-state index in [2.05, 4.69) is 28.6 Å². The molecule has 1 aliphatic heterocycles. The van der Waals surface area contributed by atoms with Crippen LogP contribution in [0.25, 0.3) is 0 Å². The van der Waals surface area contributed by atoms with Crippen molar-refractivity contribution < 1.29 is 4.74 Å². The Labute approximate surface area is 113 Å². The molecule has 1 aromatic carbocycles. The van der Waals surface area contributed by atoms with E-state index in [1.54, 1.807) is 0 Å². The first-order valence-corrected chi connectivity index (χ1v) is 6.75. The molecule has 4 nitrogen and oxygen atoms in total. The topological polar surface area (TPSA) is 39.1 Å². The Kier molecular flexibility index (Phi) is 3.51. The smallest absolute Gasteiger partial charge is 0.122 e. The number of fused-ring (bicyclic) bond motifs is 1. The van der Waals surface area contributed by atoms with Gasteiger partial charge >= 0.3 is 0 Å². The molecular weight excluding hydrogens is 238 g/mol. The molecule has 0 atom stereocenters. The lowest BCUT2D eigenvalue weighted by atomic mass is 10.1. The summed E-state index contributed by atoms with van der Waals surface area (Å²) in [5.41, 5.74) is 3.94. The van der Waals surface area contributed by atoms with Gasteiger partial charge in [-0.05, 0) is 36.2 Å². The van der Waals surface area contributed by atoms with Gasteiger partial charge in [-0.2, -0.15) is 5.10 Å². The van der Waals surface area contributed by atoms with Gasteiger partial charge in [0.15, 0.2) is 0 Å². The second-order valence-corrected chi connectivity index (χ2v) is 4.91. The summed E-state index contributed by atoms with van der Waals surface area (Å²) >= 11 is 0. The summed E-state index contributed by atoms with van der Waals surface area (Å²) in [6, 6.07) is 8.57. The van der Waals surface area contributed by atoms with Crippen LogP contribution in [0.5, 0.6) is 5.75 Å². The summed E-state index contributed by atoms with van der Waals surface area (Å²) in [5, 5.41) is 7.61. The van der Waals surface area contributed by atoms with Gasteiger partial charge in [0, 0.05) is 26.2 Å². The van der Waals surface area contributed by atoms with Gasteiger partial charge in [0.25, 0.3) is 0 Å². The van der Waals surface area contributed by atoms with Crippen LogP contribution in [0.4, 0.5) is 0 Å². The molecule has 0 saturated heterocycles. The Hall–Kier alpha value is -1.81. The molecule has 2 heterocycles. The Bertz CT molecular complexity index is 562. The standard InChI is InChI=1S/C15H19N3O/c1-18-14(5-8-17-18)11-16-7-4-12-2-3-15-13(10-12)6-9-19-15/h2-3,5,8,10,16H,4,6-7,9,11H2,1H3. The van der Waals surface area contributed by atoms with E-state index in [4.69, 9.17) is 4.74 Å². The van der Waals surface area contributed by atoms with Crippen LogP contribution in [0.15, 0.2) is 30.5 Å². The van der Waals surface area contributed by atoms with Crippen LogP contribution in [0.3, 0.4) is 0 Å². The van der Waals surface area contributed by atoms with Crippen LogP contribution in [-0.4, -0.2) is 22.9 Å². The lowest BCUT2D eigenvalue weighted by Gasteiger charge is -2.06. The lowest BCUT2D eigenvalue weighted by Crippen LogP contribution is -2.18. The second kappa shape index (κ2) is 5.45. The minimum atomic E-state index is 0.831. The molecule has 1 N–H and O–H groups in total.